The first-order chi connectivity index (χ1) is 16.7. The summed E-state index contributed by atoms with van der Waals surface area (Å²) in [5.41, 5.74) is 2.45. The monoisotopic (exact) mass is 482 g/mol. The van der Waals surface area contributed by atoms with Crippen molar-refractivity contribution in [1.29, 1.82) is 0 Å². The predicted molar refractivity (Wildman–Crippen MR) is 152 cm³/mol. The smallest absolute Gasteiger partial charge is 0.0266 e. The maximum atomic E-state index is 2.47. The second-order valence-corrected chi connectivity index (χ2v) is 16.4. The highest BCUT2D eigenvalue weighted by molar-refractivity contribution is 5.03. The molecule has 6 bridgehead atoms. The first-order valence-corrected chi connectivity index (χ1v) is 16.7. The van der Waals surface area contributed by atoms with E-state index in [2.05, 4.69) is 41.5 Å². The lowest BCUT2D eigenvalue weighted by Gasteiger charge is -2.58. The summed E-state index contributed by atoms with van der Waals surface area (Å²) < 4.78 is 0. The van der Waals surface area contributed by atoms with Gasteiger partial charge in [-0.25, -0.2) is 0 Å². The summed E-state index contributed by atoms with van der Waals surface area (Å²) in [6.45, 7) is 14.6. The molecule has 0 saturated heterocycles. The third-order valence-electron chi connectivity index (χ3n) is 13.6. The van der Waals surface area contributed by atoms with Gasteiger partial charge in [-0.05, 0) is 166 Å². The van der Waals surface area contributed by atoms with E-state index in [0.717, 1.165) is 63.6 Å². The molecule has 9 aliphatic rings. The van der Waals surface area contributed by atoms with E-state index in [1.54, 1.807) is 57.8 Å². The van der Waals surface area contributed by atoms with Gasteiger partial charge >= 0.3 is 0 Å². The second-order valence-electron chi connectivity index (χ2n) is 16.4. The highest BCUT2D eigenvalue weighted by Gasteiger charge is 2.52. The molecule has 0 N–H and O–H groups in total. The maximum Gasteiger partial charge on any atom is -0.0266 e. The molecule has 1 unspecified atom stereocenters. The Kier molecular flexibility index (Phi) is 7.82. The summed E-state index contributed by atoms with van der Waals surface area (Å²) >= 11 is 0. The molecule has 0 aliphatic heterocycles. The molecule has 9 saturated carbocycles. The van der Waals surface area contributed by atoms with Gasteiger partial charge in [-0.2, -0.15) is 0 Å². The fraction of sp³-hybridized carbons (Fsp3) is 1.00. The molecule has 0 radical (unpaired) electrons. The zero-order chi connectivity index (χ0) is 24.8. The summed E-state index contributed by atoms with van der Waals surface area (Å²) in [6, 6.07) is 0. The number of hydrogen-bond acceptors (Lipinski definition) is 0. The minimum atomic E-state index is 0.786. The van der Waals surface area contributed by atoms with Crippen LogP contribution in [0.4, 0.5) is 0 Å². The molecule has 0 amide bonds. The molecule has 0 aromatic rings. The van der Waals surface area contributed by atoms with Crippen molar-refractivity contribution in [2.75, 3.05) is 0 Å². The molecule has 9 rings (SSSR count). The van der Waals surface area contributed by atoms with Crippen LogP contribution in [0.1, 0.15) is 157 Å². The Bertz CT molecular complexity index is 634. The van der Waals surface area contributed by atoms with Crippen LogP contribution in [-0.4, -0.2) is 0 Å². The van der Waals surface area contributed by atoms with Gasteiger partial charge in [-0.15, -0.1) is 0 Å². The molecular formula is C35H62. The molecule has 0 aromatic heterocycles. The Morgan fingerprint density at radius 2 is 0.971 bits per heavy atom. The Hall–Kier alpha value is 0. The molecule has 1 spiro atoms. The minimum absolute atomic E-state index is 0.786. The van der Waals surface area contributed by atoms with Gasteiger partial charge in [0.2, 0.25) is 0 Å². The minimum Gasteiger partial charge on any atom is -0.0625 e. The lowest BCUT2D eigenvalue weighted by Crippen LogP contribution is -2.48. The average Bonchev–Trinajstić information content (AvgIpc) is 3.59. The summed E-state index contributed by atoms with van der Waals surface area (Å²) in [4.78, 5) is 0. The van der Waals surface area contributed by atoms with Crippen molar-refractivity contribution < 1.29 is 0 Å². The Morgan fingerprint density at radius 1 is 0.486 bits per heavy atom. The van der Waals surface area contributed by atoms with Crippen molar-refractivity contribution in [3.05, 3.63) is 0 Å². The Morgan fingerprint density at radius 3 is 1.31 bits per heavy atom. The third kappa shape index (κ3) is 5.44. The second kappa shape index (κ2) is 10.3. The van der Waals surface area contributed by atoms with Gasteiger partial charge in [0.15, 0.2) is 0 Å². The predicted octanol–water partition coefficient (Wildman–Crippen LogP) is 11.1. The van der Waals surface area contributed by atoms with Crippen molar-refractivity contribution in [3.8, 4) is 0 Å². The first kappa shape index (κ1) is 26.6. The van der Waals surface area contributed by atoms with E-state index < -0.39 is 0 Å². The number of hydrogen-bond donors (Lipinski definition) is 0. The van der Waals surface area contributed by atoms with Crippen molar-refractivity contribution in [2.24, 2.45) is 63.6 Å². The van der Waals surface area contributed by atoms with Crippen LogP contribution in [0.25, 0.3) is 0 Å². The van der Waals surface area contributed by atoms with Gasteiger partial charge in [-0.1, -0.05) is 54.4 Å². The Labute approximate surface area is 220 Å². The molecule has 9 aliphatic carbocycles. The zero-order valence-electron chi connectivity index (χ0n) is 24.8. The summed E-state index contributed by atoms with van der Waals surface area (Å²) in [7, 11) is 0. The molecule has 1 atom stereocenters. The van der Waals surface area contributed by atoms with E-state index in [-0.39, 0.29) is 0 Å². The van der Waals surface area contributed by atoms with Gasteiger partial charge in [0.05, 0.1) is 0 Å². The standard InChI is InChI=1S/C13H22.2C11H20/c1-9(2)13-6-10-3-11(7-13)5-12(4-10)8-13;1-9(2)11-6-3-10(4-7-11)5-8-11;1-9(2)10-5-3-4-6-11(10)7-8-11/h9-12H,3-8H2,1-2H3;2*9-10H,3-8H2,1-2H3. The first-order valence-electron chi connectivity index (χ1n) is 16.7. The summed E-state index contributed by atoms with van der Waals surface area (Å²) in [5.74, 6) is 8.42. The van der Waals surface area contributed by atoms with Gasteiger partial charge in [0.25, 0.3) is 0 Å². The molecule has 0 aromatic carbocycles. The quantitative estimate of drug-likeness (QED) is 0.375. The van der Waals surface area contributed by atoms with E-state index >= 15 is 0 Å². The summed E-state index contributed by atoms with van der Waals surface area (Å²) in [5, 5.41) is 0. The fourth-order valence-corrected chi connectivity index (χ4v) is 11.2. The molecule has 9 fully saturated rings. The molecule has 202 valence electrons. The van der Waals surface area contributed by atoms with Crippen LogP contribution in [0.5, 0.6) is 0 Å². The SMILES string of the molecule is CC(C)C12CC3CC(CC(C3)C1)C2.CC(C)C12CCC(CC1)CC2.CC(C)C1CCCCC12CC2. The van der Waals surface area contributed by atoms with E-state index in [1.807, 2.05) is 0 Å². The van der Waals surface area contributed by atoms with Crippen LogP contribution >= 0.6 is 0 Å². The lowest BCUT2D eigenvalue weighted by molar-refractivity contribution is -0.0789. The zero-order valence-corrected chi connectivity index (χ0v) is 24.8. The van der Waals surface area contributed by atoms with Crippen LogP contribution in [-0.2, 0) is 0 Å². The van der Waals surface area contributed by atoms with Gasteiger partial charge in [0, 0.05) is 0 Å². The van der Waals surface area contributed by atoms with Crippen LogP contribution in [0.15, 0.2) is 0 Å². The molecule has 0 heterocycles. The average molecular weight is 483 g/mol. The maximum absolute atomic E-state index is 2.47. The van der Waals surface area contributed by atoms with Gasteiger partial charge in [-0.3, -0.25) is 0 Å². The molecule has 0 nitrogen and oxygen atoms in total. The largest absolute Gasteiger partial charge is 0.0625 e. The van der Waals surface area contributed by atoms with E-state index in [4.69, 9.17) is 0 Å². The number of fused-ring (bicyclic) bond motifs is 3. The third-order valence-corrected chi connectivity index (χ3v) is 13.6. The highest BCUT2D eigenvalue weighted by Crippen LogP contribution is 2.63. The van der Waals surface area contributed by atoms with Gasteiger partial charge < -0.3 is 0 Å². The topological polar surface area (TPSA) is 0 Å². The van der Waals surface area contributed by atoms with E-state index in [0.29, 0.717) is 0 Å². The van der Waals surface area contributed by atoms with Crippen molar-refractivity contribution >= 4 is 0 Å². The summed E-state index contributed by atoms with van der Waals surface area (Å²) in [6.07, 6.45) is 27.9. The normalized spacial score (nSPS) is 44.3. The lowest BCUT2D eigenvalue weighted by atomic mass is 9.47. The van der Waals surface area contributed by atoms with Crippen molar-refractivity contribution in [3.63, 3.8) is 0 Å². The van der Waals surface area contributed by atoms with E-state index in [9.17, 15) is 0 Å². The Balaban J connectivity index is 0.000000109. The number of rotatable bonds is 3. The van der Waals surface area contributed by atoms with Crippen LogP contribution in [0, 0.1) is 63.6 Å². The van der Waals surface area contributed by atoms with Gasteiger partial charge in [0.1, 0.15) is 0 Å². The molecule has 0 heteroatoms. The van der Waals surface area contributed by atoms with E-state index in [1.165, 1.54) is 57.8 Å². The van der Waals surface area contributed by atoms with Crippen LogP contribution in [0.2, 0.25) is 0 Å². The van der Waals surface area contributed by atoms with Crippen molar-refractivity contribution in [1.82, 2.24) is 0 Å². The van der Waals surface area contributed by atoms with Crippen LogP contribution < -0.4 is 0 Å². The highest BCUT2D eigenvalue weighted by atomic mass is 14.6. The molecular weight excluding hydrogens is 420 g/mol. The van der Waals surface area contributed by atoms with Crippen LogP contribution in [0.3, 0.4) is 0 Å². The molecule has 35 heavy (non-hydrogen) atoms. The fourth-order valence-electron chi connectivity index (χ4n) is 11.2. The van der Waals surface area contributed by atoms with Crippen molar-refractivity contribution in [2.45, 2.75) is 157 Å².